The number of rotatable bonds is 8. The summed E-state index contributed by atoms with van der Waals surface area (Å²) in [5.41, 5.74) is 1.46. The van der Waals surface area contributed by atoms with E-state index in [-0.39, 0.29) is 5.41 Å². The molecule has 1 N–H and O–H groups in total. The van der Waals surface area contributed by atoms with Crippen LogP contribution in [-0.4, -0.2) is 18.1 Å². The Bertz CT molecular complexity index is 558. The summed E-state index contributed by atoms with van der Waals surface area (Å²) in [6, 6.07) is 10.7. The second-order valence-corrected chi connectivity index (χ2v) is 5.92. The van der Waals surface area contributed by atoms with E-state index in [9.17, 15) is 0 Å². The van der Waals surface area contributed by atoms with E-state index in [1.54, 1.807) is 0 Å². The van der Waals surface area contributed by atoms with E-state index in [0.717, 1.165) is 37.6 Å². The van der Waals surface area contributed by atoms with Gasteiger partial charge in [0.2, 0.25) is 0 Å². The smallest absolute Gasteiger partial charge is 0.194 e. The molecule has 1 fully saturated rings. The maximum atomic E-state index is 6.03. The Kier molecular flexibility index (Phi) is 4.39. The first-order valence-electron chi connectivity index (χ1n) is 8.06. The van der Waals surface area contributed by atoms with Gasteiger partial charge >= 0.3 is 0 Å². The van der Waals surface area contributed by atoms with E-state index in [4.69, 9.17) is 4.42 Å². The van der Waals surface area contributed by atoms with Crippen LogP contribution >= 0.6 is 0 Å². The molecule has 1 aliphatic rings. The van der Waals surface area contributed by atoms with Gasteiger partial charge in [-0.25, -0.2) is 4.98 Å². The van der Waals surface area contributed by atoms with Crippen LogP contribution in [0.2, 0.25) is 0 Å². The summed E-state index contributed by atoms with van der Waals surface area (Å²) < 4.78 is 6.03. The van der Waals surface area contributed by atoms with Crippen molar-refractivity contribution in [3.05, 3.63) is 53.7 Å². The Hall–Kier alpha value is -1.61. The van der Waals surface area contributed by atoms with Gasteiger partial charge < -0.3 is 9.73 Å². The predicted molar refractivity (Wildman–Crippen MR) is 84.4 cm³/mol. The third-order valence-corrected chi connectivity index (χ3v) is 4.27. The summed E-state index contributed by atoms with van der Waals surface area (Å²) in [5.74, 6) is 1.93. The highest BCUT2D eigenvalue weighted by atomic mass is 16.4. The molecule has 0 spiro atoms. The lowest BCUT2D eigenvalue weighted by Crippen LogP contribution is -2.16. The van der Waals surface area contributed by atoms with E-state index < -0.39 is 0 Å². The highest BCUT2D eigenvalue weighted by Gasteiger charge is 2.48. The van der Waals surface area contributed by atoms with Gasteiger partial charge in [0, 0.05) is 6.42 Å². The highest BCUT2D eigenvalue weighted by Crippen LogP contribution is 2.53. The van der Waals surface area contributed by atoms with Crippen LogP contribution in [0.1, 0.15) is 49.8 Å². The molecule has 0 saturated heterocycles. The number of benzene rings is 1. The van der Waals surface area contributed by atoms with Gasteiger partial charge in [-0.1, -0.05) is 37.3 Å². The van der Waals surface area contributed by atoms with Gasteiger partial charge in [-0.2, -0.15) is 0 Å². The summed E-state index contributed by atoms with van der Waals surface area (Å²) in [4.78, 5) is 4.47. The zero-order chi connectivity index (χ0) is 14.5. The number of hydrogen-bond donors (Lipinski definition) is 1. The Morgan fingerprint density at radius 1 is 1.19 bits per heavy atom. The standard InChI is InChI=1S/C18H24N2O/c1-2-12-19-13-6-9-17-20-14-16(21-17)18(10-11-18)15-7-4-3-5-8-15/h3-5,7-8,14,19H,2,6,9-13H2,1H3. The first-order valence-corrected chi connectivity index (χ1v) is 8.06. The second-order valence-electron chi connectivity index (χ2n) is 5.92. The lowest BCUT2D eigenvalue weighted by molar-refractivity contribution is 0.426. The van der Waals surface area contributed by atoms with Crippen LogP contribution in [0.25, 0.3) is 0 Å². The van der Waals surface area contributed by atoms with Gasteiger partial charge in [0.05, 0.1) is 11.6 Å². The molecule has 1 aliphatic carbocycles. The van der Waals surface area contributed by atoms with Crippen molar-refractivity contribution in [2.24, 2.45) is 0 Å². The fraction of sp³-hybridized carbons (Fsp3) is 0.500. The molecule has 112 valence electrons. The Balaban J connectivity index is 1.60. The summed E-state index contributed by atoms with van der Waals surface area (Å²) in [6.45, 7) is 4.31. The van der Waals surface area contributed by atoms with Crippen molar-refractivity contribution in [3.63, 3.8) is 0 Å². The number of hydrogen-bond acceptors (Lipinski definition) is 3. The predicted octanol–water partition coefficient (Wildman–Crippen LogP) is 3.69. The Labute approximate surface area is 126 Å². The minimum Gasteiger partial charge on any atom is -0.445 e. The Morgan fingerprint density at radius 2 is 2.00 bits per heavy atom. The summed E-state index contributed by atoms with van der Waals surface area (Å²) in [7, 11) is 0. The van der Waals surface area contributed by atoms with Gasteiger partial charge in [0.25, 0.3) is 0 Å². The van der Waals surface area contributed by atoms with Gasteiger partial charge in [-0.15, -0.1) is 0 Å². The Morgan fingerprint density at radius 3 is 2.71 bits per heavy atom. The first kappa shape index (κ1) is 14.3. The minimum atomic E-state index is 0.104. The van der Waals surface area contributed by atoms with Gasteiger partial charge in [0.1, 0.15) is 5.76 Å². The zero-order valence-corrected chi connectivity index (χ0v) is 12.8. The molecule has 1 aromatic heterocycles. The van der Waals surface area contributed by atoms with Gasteiger partial charge in [-0.3, -0.25) is 0 Å². The first-order chi connectivity index (χ1) is 10.3. The topological polar surface area (TPSA) is 38.1 Å². The van der Waals surface area contributed by atoms with Crippen molar-refractivity contribution in [1.29, 1.82) is 0 Å². The quantitative estimate of drug-likeness (QED) is 0.751. The molecule has 1 saturated carbocycles. The molecule has 1 heterocycles. The van der Waals surface area contributed by atoms with Crippen molar-refractivity contribution < 1.29 is 4.42 Å². The fourth-order valence-corrected chi connectivity index (χ4v) is 2.87. The molecular weight excluding hydrogens is 260 g/mol. The molecule has 0 unspecified atom stereocenters. The van der Waals surface area contributed by atoms with Crippen LogP contribution in [0, 0.1) is 0 Å². The zero-order valence-electron chi connectivity index (χ0n) is 12.8. The van der Waals surface area contributed by atoms with Crippen LogP contribution in [-0.2, 0) is 11.8 Å². The lowest BCUT2D eigenvalue weighted by atomic mass is 9.94. The molecular formula is C18H24N2O. The number of oxazole rings is 1. The van der Waals surface area contributed by atoms with Gasteiger partial charge in [0.15, 0.2) is 5.89 Å². The van der Waals surface area contributed by atoms with Crippen LogP contribution < -0.4 is 5.32 Å². The van der Waals surface area contributed by atoms with Crippen molar-refractivity contribution >= 4 is 0 Å². The fourth-order valence-electron chi connectivity index (χ4n) is 2.87. The van der Waals surface area contributed by atoms with Crippen molar-refractivity contribution in [3.8, 4) is 0 Å². The monoisotopic (exact) mass is 284 g/mol. The lowest BCUT2D eigenvalue weighted by Gasteiger charge is -2.11. The normalized spacial score (nSPS) is 16.0. The van der Waals surface area contributed by atoms with Crippen molar-refractivity contribution in [2.75, 3.05) is 13.1 Å². The molecule has 0 amide bonds. The maximum Gasteiger partial charge on any atom is 0.194 e. The SMILES string of the molecule is CCCNCCCc1ncc(C2(c3ccccc3)CC2)o1. The molecule has 1 aromatic carbocycles. The number of nitrogens with zero attached hydrogens (tertiary/aromatic N) is 1. The number of aromatic nitrogens is 1. The van der Waals surface area contributed by atoms with E-state index in [1.807, 2.05) is 6.20 Å². The molecule has 21 heavy (non-hydrogen) atoms. The minimum absolute atomic E-state index is 0.104. The van der Waals surface area contributed by atoms with Crippen LogP contribution in [0.5, 0.6) is 0 Å². The summed E-state index contributed by atoms with van der Waals surface area (Å²) in [5, 5.41) is 3.41. The van der Waals surface area contributed by atoms with E-state index in [0.29, 0.717) is 0 Å². The molecule has 3 heteroatoms. The molecule has 0 radical (unpaired) electrons. The number of aryl methyl sites for hydroxylation is 1. The molecule has 0 bridgehead atoms. The maximum absolute atomic E-state index is 6.03. The average Bonchev–Trinajstić information content (AvgIpc) is 3.21. The van der Waals surface area contributed by atoms with Crippen molar-refractivity contribution in [1.82, 2.24) is 10.3 Å². The number of nitrogens with one attached hydrogen (secondary N) is 1. The summed E-state index contributed by atoms with van der Waals surface area (Å²) in [6.07, 6.45) is 7.46. The molecule has 0 aliphatic heterocycles. The van der Waals surface area contributed by atoms with Crippen LogP contribution in [0.3, 0.4) is 0 Å². The largest absolute Gasteiger partial charge is 0.445 e. The molecule has 3 nitrogen and oxygen atoms in total. The van der Waals surface area contributed by atoms with E-state index in [2.05, 4.69) is 47.6 Å². The third kappa shape index (κ3) is 3.18. The molecule has 3 rings (SSSR count). The molecule has 0 atom stereocenters. The van der Waals surface area contributed by atoms with Crippen molar-refractivity contribution in [2.45, 2.75) is 44.4 Å². The van der Waals surface area contributed by atoms with Crippen LogP contribution in [0.15, 0.2) is 40.9 Å². The second kappa shape index (κ2) is 6.44. The average molecular weight is 284 g/mol. The van der Waals surface area contributed by atoms with E-state index in [1.165, 1.54) is 24.8 Å². The van der Waals surface area contributed by atoms with E-state index >= 15 is 0 Å². The molecule has 2 aromatic rings. The van der Waals surface area contributed by atoms with Crippen LogP contribution in [0.4, 0.5) is 0 Å². The highest BCUT2D eigenvalue weighted by molar-refractivity contribution is 5.39. The summed E-state index contributed by atoms with van der Waals surface area (Å²) >= 11 is 0. The van der Waals surface area contributed by atoms with Gasteiger partial charge in [-0.05, 0) is 44.3 Å². The third-order valence-electron chi connectivity index (χ3n) is 4.27.